The number of rotatable bonds is 4. The third kappa shape index (κ3) is 4.19. The number of hydrogen-bond acceptors (Lipinski definition) is 4. The van der Waals surface area contributed by atoms with E-state index in [0.717, 1.165) is 0 Å². The van der Waals surface area contributed by atoms with Crippen LogP contribution in [0, 0.1) is 11.8 Å². The quantitative estimate of drug-likeness (QED) is 0.586. The van der Waals surface area contributed by atoms with Crippen LogP contribution in [0.25, 0.3) is 0 Å². The molecule has 0 heterocycles. The van der Waals surface area contributed by atoms with Crippen molar-refractivity contribution in [2.24, 2.45) is 11.8 Å². The highest BCUT2D eigenvalue weighted by atomic mass is 35.5. The van der Waals surface area contributed by atoms with E-state index in [2.05, 4.69) is 0 Å². The first-order valence-corrected chi connectivity index (χ1v) is 6.29. The number of ether oxygens (including phenoxy) is 1. The van der Waals surface area contributed by atoms with Gasteiger partial charge in [0, 0.05) is 11.9 Å². The summed E-state index contributed by atoms with van der Waals surface area (Å²) in [5.74, 6) is -3.56. The van der Waals surface area contributed by atoms with Gasteiger partial charge in [0.2, 0.25) is 0 Å². The van der Waals surface area contributed by atoms with E-state index in [1.165, 1.54) is 0 Å². The van der Waals surface area contributed by atoms with Gasteiger partial charge >= 0.3 is 5.97 Å². The number of aliphatic carboxylic acids is 1. The Morgan fingerprint density at radius 2 is 1.72 bits per heavy atom. The highest BCUT2D eigenvalue weighted by Crippen LogP contribution is 2.27. The molecular weight excluding hydrogens is 302 g/mol. The van der Waals surface area contributed by atoms with Crippen LogP contribution in [0.1, 0.15) is 12.8 Å². The predicted molar refractivity (Wildman–Crippen MR) is 65.9 cm³/mol. The molecule has 0 unspecified atom stereocenters. The molecule has 0 radical (unpaired) electrons. The van der Waals surface area contributed by atoms with Gasteiger partial charge in [0.05, 0.1) is 11.0 Å². The van der Waals surface area contributed by atoms with E-state index >= 15 is 0 Å². The minimum absolute atomic E-state index is 0.0111. The lowest BCUT2D eigenvalue weighted by atomic mass is 9.83. The smallest absolute Gasteiger partial charge is 0.310 e. The maximum Gasteiger partial charge on any atom is 0.310 e. The van der Waals surface area contributed by atoms with Crippen LogP contribution in [0.5, 0.6) is 0 Å². The number of halogens is 3. The van der Waals surface area contributed by atoms with Crippen LogP contribution < -0.4 is 5.11 Å². The maximum atomic E-state index is 11.7. The standard InChI is InChI=1S/C11H11Cl3O4/c12-8(9(13)14)5-18-11(17)7-4-2-1-3-6(7)10(15)16/h1-2,6-7H,3-5H2,(H,15,16)/p-1/t6-,7+/m1/s1. The second-order valence-corrected chi connectivity index (χ2v) is 5.15. The van der Waals surface area contributed by atoms with Crippen LogP contribution in [-0.2, 0) is 14.3 Å². The average Bonchev–Trinajstić information content (AvgIpc) is 2.35. The average molecular weight is 313 g/mol. The van der Waals surface area contributed by atoms with Crippen molar-refractivity contribution < 1.29 is 19.4 Å². The number of esters is 1. The molecule has 0 saturated carbocycles. The van der Waals surface area contributed by atoms with E-state index < -0.39 is 23.8 Å². The van der Waals surface area contributed by atoms with Gasteiger partial charge < -0.3 is 14.6 Å². The van der Waals surface area contributed by atoms with Gasteiger partial charge in [-0.05, 0) is 12.8 Å². The van der Waals surface area contributed by atoms with E-state index in [0.29, 0.717) is 6.42 Å². The zero-order chi connectivity index (χ0) is 13.7. The van der Waals surface area contributed by atoms with E-state index in [4.69, 9.17) is 39.5 Å². The molecule has 0 spiro atoms. The first kappa shape index (κ1) is 15.3. The molecular formula is C11H10Cl3O4-. The molecule has 0 aromatic rings. The predicted octanol–water partition coefficient (Wildman–Crippen LogP) is 1.75. The molecule has 18 heavy (non-hydrogen) atoms. The highest BCUT2D eigenvalue weighted by Gasteiger charge is 2.31. The van der Waals surface area contributed by atoms with E-state index in [1.807, 2.05) is 0 Å². The normalized spacial score (nSPS) is 22.4. The fourth-order valence-corrected chi connectivity index (χ4v) is 1.79. The fourth-order valence-electron chi connectivity index (χ4n) is 1.63. The van der Waals surface area contributed by atoms with Gasteiger partial charge in [-0.1, -0.05) is 47.0 Å². The van der Waals surface area contributed by atoms with Crippen molar-refractivity contribution in [1.29, 1.82) is 0 Å². The summed E-state index contributed by atoms with van der Waals surface area (Å²) in [6.07, 6.45) is 3.99. The molecule has 1 aliphatic rings. The van der Waals surface area contributed by atoms with Gasteiger partial charge in [0.25, 0.3) is 0 Å². The molecule has 1 rings (SSSR count). The minimum atomic E-state index is -1.27. The van der Waals surface area contributed by atoms with E-state index in [1.54, 1.807) is 12.2 Å². The zero-order valence-electron chi connectivity index (χ0n) is 9.20. The van der Waals surface area contributed by atoms with Crippen LogP contribution in [0.15, 0.2) is 21.7 Å². The van der Waals surface area contributed by atoms with Crippen LogP contribution >= 0.6 is 34.8 Å². The molecule has 0 bridgehead atoms. The van der Waals surface area contributed by atoms with Crippen molar-refractivity contribution in [1.82, 2.24) is 0 Å². The Hall–Kier alpha value is -0.710. The second-order valence-electron chi connectivity index (χ2n) is 3.75. The first-order valence-electron chi connectivity index (χ1n) is 5.15. The SMILES string of the molecule is O=C(OCC(Cl)=C(Cl)Cl)[C@H]1CC=CC[C@H]1C(=O)[O-]. The summed E-state index contributed by atoms with van der Waals surface area (Å²) in [7, 11) is 0. The number of hydrogen-bond donors (Lipinski definition) is 0. The molecule has 0 N–H and O–H groups in total. The van der Waals surface area contributed by atoms with Gasteiger partial charge in [-0.2, -0.15) is 0 Å². The summed E-state index contributed by atoms with van der Waals surface area (Å²) in [6, 6.07) is 0. The summed E-state index contributed by atoms with van der Waals surface area (Å²) in [4.78, 5) is 22.6. The highest BCUT2D eigenvalue weighted by molar-refractivity contribution is 6.59. The Labute approximate surface area is 119 Å². The lowest BCUT2D eigenvalue weighted by molar-refractivity contribution is -0.313. The molecule has 0 aromatic heterocycles. The van der Waals surface area contributed by atoms with Gasteiger partial charge in [0.1, 0.15) is 11.1 Å². The van der Waals surface area contributed by atoms with Crippen LogP contribution in [-0.4, -0.2) is 18.5 Å². The fraction of sp³-hybridized carbons (Fsp3) is 0.455. The van der Waals surface area contributed by atoms with Gasteiger partial charge in [-0.15, -0.1) is 0 Å². The molecule has 0 amide bonds. The van der Waals surface area contributed by atoms with E-state index in [9.17, 15) is 14.7 Å². The topological polar surface area (TPSA) is 66.4 Å². The van der Waals surface area contributed by atoms with Crippen LogP contribution in [0.4, 0.5) is 0 Å². The Bertz CT molecular complexity index is 399. The number of carboxylic acids is 1. The monoisotopic (exact) mass is 311 g/mol. The number of carbonyl (C=O) groups excluding carboxylic acids is 2. The van der Waals surface area contributed by atoms with Crippen molar-refractivity contribution in [2.75, 3.05) is 6.61 Å². The van der Waals surface area contributed by atoms with Crippen molar-refractivity contribution in [3.8, 4) is 0 Å². The van der Waals surface area contributed by atoms with Crippen LogP contribution in [0.2, 0.25) is 0 Å². The molecule has 0 aliphatic heterocycles. The Morgan fingerprint density at radius 1 is 1.17 bits per heavy atom. The van der Waals surface area contributed by atoms with Crippen LogP contribution in [0.3, 0.4) is 0 Å². The third-order valence-electron chi connectivity index (χ3n) is 2.58. The third-order valence-corrected chi connectivity index (χ3v) is 3.53. The maximum absolute atomic E-state index is 11.7. The molecule has 100 valence electrons. The molecule has 0 saturated heterocycles. The molecule has 1 aliphatic carbocycles. The second kappa shape index (κ2) is 7.02. The summed E-state index contributed by atoms with van der Waals surface area (Å²) in [5, 5.41) is 10.9. The molecule has 0 fully saturated rings. The molecule has 7 heteroatoms. The minimum Gasteiger partial charge on any atom is -0.550 e. The van der Waals surface area contributed by atoms with Gasteiger partial charge in [0.15, 0.2) is 0 Å². The number of carboxylic acid groups (broad SMARTS) is 1. The Balaban J connectivity index is 2.63. The number of allylic oxidation sites excluding steroid dienone is 2. The van der Waals surface area contributed by atoms with Gasteiger partial charge in [-0.25, -0.2) is 0 Å². The molecule has 0 aromatic carbocycles. The Kier molecular flexibility index (Phi) is 5.99. The summed E-state index contributed by atoms with van der Waals surface area (Å²) in [5.41, 5.74) is 0. The molecule has 2 atom stereocenters. The summed E-state index contributed by atoms with van der Waals surface area (Å²) < 4.78 is 4.67. The van der Waals surface area contributed by atoms with E-state index in [-0.39, 0.29) is 22.6 Å². The summed E-state index contributed by atoms with van der Waals surface area (Å²) >= 11 is 16.4. The van der Waals surface area contributed by atoms with Crippen molar-refractivity contribution in [2.45, 2.75) is 12.8 Å². The van der Waals surface area contributed by atoms with Crippen molar-refractivity contribution in [3.63, 3.8) is 0 Å². The Morgan fingerprint density at radius 3 is 2.22 bits per heavy atom. The first-order chi connectivity index (χ1) is 8.43. The lowest BCUT2D eigenvalue weighted by Crippen LogP contribution is -2.40. The van der Waals surface area contributed by atoms with Crippen molar-refractivity contribution >= 4 is 46.7 Å². The zero-order valence-corrected chi connectivity index (χ0v) is 11.5. The van der Waals surface area contributed by atoms with Gasteiger partial charge in [-0.3, -0.25) is 4.79 Å². The lowest BCUT2D eigenvalue weighted by Gasteiger charge is -2.27. The largest absolute Gasteiger partial charge is 0.550 e. The van der Waals surface area contributed by atoms with Crippen molar-refractivity contribution in [3.05, 3.63) is 21.7 Å². The molecule has 4 nitrogen and oxygen atoms in total. The number of carbonyl (C=O) groups is 2. The summed E-state index contributed by atoms with van der Waals surface area (Å²) in [6.45, 7) is -0.275.